The molecule has 0 aliphatic rings. The fraction of sp³-hybridized carbons (Fsp3) is 0.0556. The molecule has 1 aromatic heterocycles. The Morgan fingerprint density at radius 2 is 1.75 bits per heavy atom. The fourth-order valence-electron chi connectivity index (χ4n) is 2.21. The highest BCUT2D eigenvalue weighted by atomic mass is 32.2. The van der Waals surface area contributed by atoms with Crippen LogP contribution in [0.2, 0.25) is 0 Å². The molecule has 0 aliphatic carbocycles. The van der Waals surface area contributed by atoms with Crippen LogP contribution >= 0.6 is 11.8 Å². The molecule has 0 bridgehead atoms. The van der Waals surface area contributed by atoms with Gasteiger partial charge in [0.2, 0.25) is 0 Å². The van der Waals surface area contributed by atoms with Crippen LogP contribution in [-0.2, 0) is 0 Å². The predicted molar refractivity (Wildman–Crippen MR) is 95.4 cm³/mol. The summed E-state index contributed by atoms with van der Waals surface area (Å²) >= 11 is 1.41. The molecule has 0 unspecified atom stereocenters. The number of nitriles is 1. The lowest BCUT2D eigenvalue weighted by Crippen LogP contribution is -2.03. The first-order chi connectivity index (χ1) is 11.7. The number of nitrogens with zero attached hydrogens (tertiary/aromatic N) is 3. The minimum absolute atomic E-state index is 0.179. The summed E-state index contributed by atoms with van der Waals surface area (Å²) < 4.78 is 0. The molecule has 2 N–H and O–H groups in total. The highest BCUT2D eigenvalue weighted by molar-refractivity contribution is 7.98. The first-order valence-electron chi connectivity index (χ1n) is 7.19. The van der Waals surface area contributed by atoms with E-state index in [4.69, 9.17) is 0 Å². The summed E-state index contributed by atoms with van der Waals surface area (Å²) in [4.78, 5) is 8.92. The third kappa shape index (κ3) is 3.31. The molecule has 5 nitrogen and oxygen atoms in total. The van der Waals surface area contributed by atoms with E-state index in [1.807, 2.05) is 36.6 Å². The molecule has 2 aromatic carbocycles. The zero-order valence-corrected chi connectivity index (χ0v) is 13.7. The zero-order chi connectivity index (χ0) is 16.9. The summed E-state index contributed by atoms with van der Waals surface area (Å²) in [7, 11) is 0. The standard InChI is InChI=1S/C18H14N4OS/c1-24-18-21-16(12-5-3-2-4-6-12)15(11-19)17(22-18)20-13-7-9-14(23)10-8-13/h2-10,23H,1H3,(H,20,21,22). The maximum Gasteiger partial charge on any atom is 0.189 e. The van der Waals surface area contributed by atoms with Crippen LogP contribution in [0, 0.1) is 11.3 Å². The summed E-state index contributed by atoms with van der Waals surface area (Å²) in [5.41, 5.74) is 2.57. The van der Waals surface area contributed by atoms with Gasteiger partial charge in [0.25, 0.3) is 0 Å². The van der Waals surface area contributed by atoms with Crippen LogP contribution in [-0.4, -0.2) is 21.3 Å². The molecule has 6 heteroatoms. The number of phenols is 1. The van der Waals surface area contributed by atoms with Gasteiger partial charge in [0.1, 0.15) is 17.4 Å². The molecule has 0 atom stereocenters. The van der Waals surface area contributed by atoms with E-state index in [1.165, 1.54) is 11.8 Å². The Labute approximate surface area is 144 Å². The van der Waals surface area contributed by atoms with Crippen molar-refractivity contribution < 1.29 is 5.11 Å². The van der Waals surface area contributed by atoms with Gasteiger partial charge in [-0.15, -0.1) is 0 Å². The van der Waals surface area contributed by atoms with E-state index in [0.29, 0.717) is 22.2 Å². The van der Waals surface area contributed by atoms with Gasteiger partial charge >= 0.3 is 0 Å². The molecule has 118 valence electrons. The maximum absolute atomic E-state index is 9.63. The predicted octanol–water partition coefficient (Wildman–Crippen LogP) is 4.19. The topological polar surface area (TPSA) is 81.8 Å². The lowest BCUT2D eigenvalue weighted by molar-refractivity contribution is 0.475. The van der Waals surface area contributed by atoms with E-state index in [9.17, 15) is 10.4 Å². The summed E-state index contributed by atoms with van der Waals surface area (Å²) in [5.74, 6) is 0.625. The van der Waals surface area contributed by atoms with E-state index in [2.05, 4.69) is 21.4 Å². The van der Waals surface area contributed by atoms with E-state index in [0.717, 1.165) is 11.3 Å². The number of hydrogen-bond donors (Lipinski definition) is 2. The summed E-state index contributed by atoms with van der Waals surface area (Å²) in [6, 6.07) is 18.3. The third-order valence-electron chi connectivity index (χ3n) is 3.36. The SMILES string of the molecule is CSc1nc(Nc2ccc(O)cc2)c(C#N)c(-c2ccccc2)n1. The molecule has 0 radical (unpaired) electrons. The molecular formula is C18H14N4OS. The number of nitrogens with one attached hydrogen (secondary N) is 1. The second-order valence-corrected chi connectivity index (χ2v) is 5.71. The van der Waals surface area contributed by atoms with Gasteiger partial charge in [-0.1, -0.05) is 42.1 Å². The smallest absolute Gasteiger partial charge is 0.189 e. The monoisotopic (exact) mass is 334 g/mol. The zero-order valence-electron chi connectivity index (χ0n) is 12.9. The summed E-state index contributed by atoms with van der Waals surface area (Å²) in [5, 5.41) is 22.7. The fourth-order valence-corrected chi connectivity index (χ4v) is 2.58. The Bertz CT molecular complexity index is 889. The van der Waals surface area contributed by atoms with Crippen molar-refractivity contribution in [2.75, 3.05) is 11.6 Å². The van der Waals surface area contributed by atoms with E-state index >= 15 is 0 Å². The van der Waals surface area contributed by atoms with Crippen molar-refractivity contribution in [3.8, 4) is 23.1 Å². The molecule has 0 fully saturated rings. The first-order valence-corrected chi connectivity index (χ1v) is 8.41. The molecule has 3 aromatic rings. The van der Waals surface area contributed by atoms with Crippen LogP contribution in [0.4, 0.5) is 11.5 Å². The molecule has 0 aliphatic heterocycles. The second-order valence-electron chi connectivity index (χ2n) is 4.93. The Hall–Kier alpha value is -3.04. The highest BCUT2D eigenvalue weighted by Crippen LogP contribution is 2.30. The Morgan fingerprint density at radius 3 is 2.38 bits per heavy atom. The van der Waals surface area contributed by atoms with Crippen molar-refractivity contribution >= 4 is 23.3 Å². The molecule has 0 saturated heterocycles. The average Bonchev–Trinajstić information content (AvgIpc) is 2.63. The van der Waals surface area contributed by atoms with Gasteiger partial charge in [0, 0.05) is 11.3 Å². The summed E-state index contributed by atoms with van der Waals surface area (Å²) in [6.07, 6.45) is 1.89. The number of phenolic OH excluding ortho intramolecular Hbond substituents is 1. The van der Waals surface area contributed by atoms with Gasteiger partial charge in [-0.2, -0.15) is 5.26 Å². The van der Waals surface area contributed by atoms with Gasteiger partial charge in [-0.05, 0) is 30.5 Å². The number of anilines is 2. The van der Waals surface area contributed by atoms with Crippen LogP contribution in [0.5, 0.6) is 5.75 Å². The molecule has 1 heterocycles. The van der Waals surface area contributed by atoms with Gasteiger partial charge < -0.3 is 10.4 Å². The maximum atomic E-state index is 9.63. The number of hydrogen-bond acceptors (Lipinski definition) is 6. The van der Waals surface area contributed by atoms with E-state index in [1.54, 1.807) is 24.3 Å². The van der Waals surface area contributed by atoms with Crippen LogP contribution in [0.3, 0.4) is 0 Å². The van der Waals surface area contributed by atoms with Crippen molar-refractivity contribution in [3.63, 3.8) is 0 Å². The van der Waals surface area contributed by atoms with Crippen molar-refractivity contribution in [2.45, 2.75) is 5.16 Å². The molecular weight excluding hydrogens is 320 g/mol. The first kappa shape index (κ1) is 15.8. The summed E-state index contributed by atoms with van der Waals surface area (Å²) in [6.45, 7) is 0. The quantitative estimate of drug-likeness (QED) is 0.423. The van der Waals surface area contributed by atoms with Crippen molar-refractivity contribution in [1.82, 2.24) is 9.97 Å². The van der Waals surface area contributed by atoms with Crippen molar-refractivity contribution in [3.05, 3.63) is 60.2 Å². The van der Waals surface area contributed by atoms with Crippen LogP contribution in [0.25, 0.3) is 11.3 Å². The van der Waals surface area contributed by atoms with Crippen LogP contribution in [0.15, 0.2) is 59.8 Å². The molecule has 0 spiro atoms. The Kier molecular flexibility index (Phi) is 4.64. The van der Waals surface area contributed by atoms with E-state index in [-0.39, 0.29) is 5.75 Å². The lowest BCUT2D eigenvalue weighted by atomic mass is 10.1. The number of aromatic nitrogens is 2. The van der Waals surface area contributed by atoms with Gasteiger partial charge in [-0.25, -0.2) is 9.97 Å². The Morgan fingerprint density at radius 1 is 1.04 bits per heavy atom. The van der Waals surface area contributed by atoms with Crippen LogP contribution < -0.4 is 5.32 Å². The number of aromatic hydroxyl groups is 1. The van der Waals surface area contributed by atoms with Crippen molar-refractivity contribution in [1.29, 1.82) is 5.26 Å². The average molecular weight is 334 g/mol. The molecule has 0 amide bonds. The second kappa shape index (κ2) is 7.02. The third-order valence-corrected chi connectivity index (χ3v) is 3.91. The minimum Gasteiger partial charge on any atom is -0.508 e. The van der Waals surface area contributed by atoms with E-state index < -0.39 is 0 Å². The van der Waals surface area contributed by atoms with Crippen LogP contribution in [0.1, 0.15) is 5.56 Å². The largest absolute Gasteiger partial charge is 0.508 e. The molecule has 0 saturated carbocycles. The normalized spacial score (nSPS) is 10.2. The molecule has 3 rings (SSSR count). The number of rotatable bonds is 4. The van der Waals surface area contributed by atoms with Gasteiger partial charge in [-0.3, -0.25) is 0 Å². The number of benzene rings is 2. The molecule has 24 heavy (non-hydrogen) atoms. The highest BCUT2D eigenvalue weighted by Gasteiger charge is 2.16. The minimum atomic E-state index is 0.179. The van der Waals surface area contributed by atoms with Gasteiger partial charge in [0.05, 0.1) is 5.69 Å². The Balaban J connectivity index is 2.11. The van der Waals surface area contributed by atoms with Crippen molar-refractivity contribution in [2.24, 2.45) is 0 Å². The number of thioether (sulfide) groups is 1. The van der Waals surface area contributed by atoms with Gasteiger partial charge in [0.15, 0.2) is 11.0 Å². The lowest BCUT2D eigenvalue weighted by Gasteiger charge is -2.12.